The molecule has 1 amide bonds. The Labute approximate surface area is 181 Å². The van der Waals surface area contributed by atoms with Crippen LogP contribution in [0.15, 0.2) is 12.1 Å². The fraction of sp³-hybridized carbons (Fsp3) is 0.455. The number of esters is 1. The summed E-state index contributed by atoms with van der Waals surface area (Å²) in [5.41, 5.74) is 1.52. The molecule has 1 aromatic carbocycles. The second-order valence-electron chi connectivity index (χ2n) is 6.26. The number of thiophene rings is 1. The maximum atomic E-state index is 13.0. The largest absolute Gasteiger partial charge is 0.490 e. The number of nitrogens with one attached hydrogen (secondary N) is 1. The number of carbonyl (C=O) groups excluding carboxylic acids is 2. The zero-order valence-corrected chi connectivity index (χ0v) is 19.2. The van der Waals surface area contributed by atoms with Crippen LogP contribution in [0.5, 0.6) is 17.2 Å². The molecule has 1 N–H and O–H groups in total. The third-order valence-electron chi connectivity index (χ3n) is 4.26. The summed E-state index contributed by atoms with van der Waals surface area (Å²) in [5.74, 6) is 0.491. The van der Waals surface area contributed by atoms with Gasteiger partial charge in [-0.15, -0.1) is 11.3 Å². The zero-order chi connectivity index (χ0) is 22.3. The first-order valence-corrected chi connectivity index (χ1v) is 10.8. The molecule has 2 aromatic rings. The molecule has 0 atom stereocenters. The molecule has 0 saturated heterocycles. The van der Waals surface area contributed by atoms with Gasteiger partial charge in [0.05, 0.1) is 32.0 Å². The van der Waals surface area contributed by atoms with E-state index >= 15 is 0 Å². The minimum Gasteiger partial charge on any atom is -0.490 e. The lowest BCUT2D eigenvalue weighted by Gasteiger charge is -2.17. The highest BCUT2D eigenvalue weighted by Crippen LogP contribution is 2.40. The van der Waals surface area contributed by atoms with Crippen molar-refractivity contribution in [2.45, 2.75) is 41.5 Å². The molecule has 0 aliphatic carbocycles. The Morgan fingerprint density at radius 1 is 0.900 bits per heavy atom. The van der Waals surface area contributed by atoms with Gasteiger partial charge in [0.25, 0.3) is 5.91 Å². The Bertz CT molecular complexity index is 878. The van der Waals surface area contributed by atoms with E-state index in [2.05, 4.69) is 5.32 Å². The van der Waals surface area contributed by atoms with Crippen molar-refractivity contribution in [3.63, 3.8) is 0 Å². The van der Waals surface area contributed by atoms with Crippen LogP contribution in [0.4, 0.5) is 5.00 Å². The number of benzene rings is 1. The first kappa shape index (κ1) is 23.5. The summed E-state index contributed by atoms with van der Waals surface area (Å²) in [6, 6.07) is 3.23. The second kappa shape index (κ2) is 10.9. The lowest BCUT2D eigenvalue weighted by molar-refractivity contribution is 0.0527. The predicted octanol–water partition coefficient (Wildman–Crippen LogP) is 4.99. The number of hydrogen-bond acceptors (Lipinski definition) is 7. The fourth-order valence-corrected chi connectivity index (χ4v) is 3.90. The number of rotatable bonds is 10. The van der Waals surface area contributed by atoms with Crippen LogP contribution in [0.25, 0.3) is 0 Å². The standard InChI is InChI=1S/C22H29NO6S/c1-7-26-16-11-15(12-17(27-8-2)19(16)28-9-3)20(24)23-21-18(22(25)29-10-4)13(5)14(6)30-21/h11-12H,7-10H2,1-6H3,(H,23,24). The van der Waals surface area contributed by atoms with E-state index < -0.39 is 5.97 Å². The van der Waals surface area contributed by atoms with E-state index in [1.807, 2.05) is 34.6 Å². The van der Waals surface area contributed by atoms with E-state index in [0.29, 0.717) is 53.2 Å². The van der Waals surface area contributed by atoms with E-state index in [4.69, 9.17) is 18.9 Å². The molecule has 0 spiro atoms. The number of carbonyl (C=O) groups is 2. The van der Waals surface area contributed by atoms with Crippen molar-refractivity contribution >= 4 is 28.2 Å². The number of amides is 1. The molecule has 0 aliphatic rings. The molecule has 0 unspecified atom stereocenters. The quantitative estimate of drug-likeness (QED) is 0.530. The van der Waals surface area contributed by atoms with E-state index in [0.717, 1.165) is 10.4 Å². The van der Waals surface area contributed by atoms with Gasteiger partial charge in [-0.1, -0.05) is 0 Å². The third-order valence-corrected chi connectivity index (χ3v) is 5.39. The Kier molecular flexibility index (Phi) is 8.53. The Balaban J connectivity index is 2.44. The summed E-state index contributed by atoms with van der Waals surface area (Å²) < 4.78 is 22.2. The molecular weight excluding hydrogens is 406 g/mol. The first-order valence-electron chi connectivity index (χ1n) is 10.0. The fourth-order valence-electron chi connectivity index (χ4n) is 2.86. The van der Waals surface area contributed by atoms with E-state index in [1.54, 1.807) is 19.1 Å². The van der Waals surface area contributed by atoms with Crippen LogP contribution < -0.4 is 19.5 Å². The molecule has 0 fully saturated rings. The monoisotopic (exact) mass is 435 g/mol. The molecule has 1 heterocycles. The molecule has 164 valence electrons. The topological polar surface area (TPSA) is 83.1 Å². The van der Waals surface area contributed by atoms with Crippen LogP contribution >= 0.6 is 11.3 Å². The van der Waals surface area contributed by atoms with E-state index in [-0.39, 0.29) is 12.5 Å². The highest BCUT2D eigenvalue weighted by atomic mass is 32.1. The predicted molar refractivity (Wildman–Crippen MR) is 118 cm³/mol. The van der Waals surface area contributed by atoms with Crippen molar-refractivity contribution in [2.24, 2.45) is 0 Å². The average molecular weight is 436 g/mol. The van der Waals surface area contributed by atoms with Crippen molar-refractivity contribution in [2.75, 3.05) is 31.7 Å². The minimum atomic E-state index is -0.452. The highest BCUT2D eigenvalue weighted by Gasteiger charge is 2.24. The summed E-state index contributed by atoms with van der Waals surface area (Å²) in [4.78, 5) is 26.4. The maximum Gasteiger partial charge on any atom is 0.341 e. The van der Waals surface area contributed by atoms with Gasteiger partial charge in [0.15, 0.2) is 11.5 Å². The van der Waals surface area contributed by atoms with Gasteiger partial charge in [-0.05, 0) is 59.2 Å². The molecule has 0 aliphatic heterocycles. The number of hydrogen-bond donors (Lipinski definition) is 1. The number of ether oxygens (including phenoxy) is 4. The molecule has 1 aromatic heterocycles. The summed E-state index contributed by atoms with van der Waals surface area (Å²) in [7, 11) is 0. The van der Waals surface area contributed by atoms with E-state index in [9.17, 15) is 9.59 Å². The van der Waals surface area contributed by atoms with Gasteiger partial charge < -0.3 is 24.3 Å². The molecule has 0 radical (unpaired) electrons. The molecular formula is C22H29NO6S. The van der Waals surface area contributed by atoms with Crippen LogP contribution in [0.3, 0.4) is 0 Å². The Morgan fingerprint density at radius 2 is 1.47 bits per heavy atom. The minimum absolute atomic E-state index is 0.259. The molecule has 2 rings (SSSR count). The third kappa shape index (κ3) is 5.24. The highest BCUT2D eigenvalue weighted by molar-refractivity contribution is 7.16. The maximum absolute atomic E-state index is 13.0. The van der Waals surface area contributed by atoms with Crippen LogP contribution in [-0.4, -0.2) is 38.3 Å². The zero-order valence-electron chi connectivity index (χ0n) is 18.3. The normalized spacial score (nSPS) is 10.5. The second-order valence-corrected chi connectivity index (χ2v) is 7.49. The van der Waals surface area contributed by atoms with Crippen LogP contribution in [0.1, 0.15) is 58.9 Å². The molecule has 0 bridgehead atoms. The number of anilines is 1. The van der Waals surface area contributed by atoms with Crippen molar-refractivity contribution in [3.05, 3.63) is 33.7 Å². The number of aryl methyl sites for hydroxylation is 1. The smallest absolute Gasteiger partial charge is 0.341 e. The average Bonchev–Trinajstić information content (AvgIpc) is 2.98. The van der Waals surface area contributed by atoms with Gasteiger partial charge in [0.1, 0.15) is 5.00 Å². The summed E-state index contributed by atoms with van der Waals surface area (Å²) in [6.45, 7) is 12.6. The SMILES string of the molecule is CCOC(=O)c1c(NC(=O)c2cc(OCC)c(OCC)c(OCC)c2)sc(C)c1C. The van der Waals surface area contributed by atoms with Gasteiger partial charge in [-0.25, -0.2) is 4.79 Å². The molecule has 8 heteroatoms. The Morgan fingerprint density at radius 3 is 1.97 bits per heavy atom. The summed E-state index contributed by atoms with van der Waals surface area (Å²) in [5, 5.41) is 3.30. The van der Waals surface area contributed by atoms with Crippen LogP contribution in [-0.2, 0) is 4.74 Å². The van der Waals surface area contributed by atoms with Gasteiger partial charge >= 0.3 is 5.97 Å². The van der Waals surface area contributed by atoms with Crippen molar-refractivity contribution < 1.29 is 28.5 Å². The van der Waals surface area contributed by atoms with Crippen LogP contribution in [0, 0.1) is 13.8 Å². The van der Waals surface area contributed by atoms with Gasteiger partial charge in [0.2, 0.25) is 5.75 Å². The lowest BCUT2D eigenvalue weighted by Crippen LogP contribution is -2.15. The lowest BCUT2D eigenvalue weighted by atomic mass is 10.1. The molecule has 30 heavy (non-hydrogen) atoms. The summed E-state index contributed by atoms with van der Waals surface area (Å²) in [6.07, 6.45) is 0. The van der Waals surface area contributed by atoms with Gasteiger partial charge in [0, 0.05) is 10.4 Å². The van der Waals surface area contributed by atoms with Crippen molar-refractivity contribution in [1.82, 2.24) is 0 Å². The Hall–Kier alpha value is -2.74. The van der Waals surface area contributed by atoms with Crippen molar-refractivity contribution in [3.8, 4) is 17.2 Å². The van der Waals surface area contributed by atoms with Gasteiger partial charge in [-0.2, -0.15) is 0 Å². The molecule has 0 saturated carbocycles. The van der Waals surface area contributed by atoms with Gasteiger partial charge in [-0.3, -0.25) is 4.79 Å². The summed E-state index contributed by atoms with van der Waals surface area (Å²) >= 11 is 1.34. The van der Waals surface area contributed by atoms with Crippen molar-refractivity contribution in [1.29, 1.82) is 0 Å². The van der Waals surface area contributed by atoms with Crippen LogP contribution in [0.2, 0.25) is 0 Å². The molecule has 7 nitrogen and oxygen atoms in total. The van der Waals surface area contributed by atoms with E-state index in [1.165, 1.54) is 11.3 Å². The first-order chi connectivity index (χ1) is 14.4.